The van der Waals surface area contributed by atoms with Crippen molar-refractivity contribution >= 4 is 16.2 Å². The van der Waals surface area contributed by atoms with Gasteiger partial charge in [-0.1, -0.05) is 0 Å². The van der Waals surface area contributed by atoms with Crippen LogP contribution in [0.1, 0.15) is 20.8 Å². The highest BCUT2D eigenvalue weighted by Gasteiger charge is 2.49. The molecule has 1 atom stereocenters. The summed E-state index contributed by atoms with van der Waals surface area (Å²) in [5, 5.41) is 8.86. The van der Waals surface area contributed by atoms with E-state index in [1.807, 2.05) is 0 Å². The Morgan fingerprint density at radius 3 is 2.36 bits per heavy atom. The van der Waals surface area contributed by atoms with Crippen LogP contribution >= 0.6 is 0 Å². The Morgan fingerprint density at radius 2 is 1.95 bits per heavy atom. The Bertz CT molecular complexity index is 628. The molecule has 0 saturated heterocycles. The molecular weight excluding hydrogens is 329 g/mol. The van der Waals surface area contributed by atoms with E-state index in [4.69, 9.17) is 10.00 Å². The average Bonchev–Trinajstić information content (AvgIpc) is 2.67. The molecular formula is C11H13F3N2O5S. The van der Waals surface area contributed by atoms with Gasteiger partial charge in [-0.25, -0.2) is 4.79 Å². The average molecular weight is 342 g/mol. The van der Waals surface area contributed by atoms with Crippen LogP contribution in [0.4, 0.5) is 18.0 Å². The first-order chi connectivity index (χ1) is 9.77. The number of alkyl halides is 3. The molecule has 0 aromatic heterocycles. The number of nitriles is 1. The van der Waals surface area contributed by atoms with Crippen molar-refractivity contribution in [2.24, 2.45) is 0 Å². The number of nitrogens with zero attached hydrogens (tertiary/aromatic N) is 2. The van der Waals surface area contributed by atoms with Crippen LogP contribution in [0.2, 0.25) is 0 Å². The van der Waals surface area contributed by atoms with Gasteiger partial charge in [0.1, 0.15) is 23.5 Å². The zero-order valence-electron chi connectivity index (χ0n) is 11.8. The zero-order chi connectivity index (χ0) is 17.3. The lowest BCUT2D eigenvalue weighted by molar-refractivity contribution is -0.0560. The van der Waals surface area contributed by atoms with Crippen molar-refractivity contribution in [3.05, 3.63) is 11.8 Å². The lowest BCUT2D eigenvalue weighted by atomic mass is 10.2. The number of allylic oxidation sites excluding steroid dienone is 1. The topological polar surface area (TPSA) is 96.7 Å². The van der Waals surface area contributed by atoms with Gasteiger partial charge in [-0.05, 0) is 26.8 Å². The van der Waals surface area contributed by atoms with Crippen LogP contribution in [-0.4, -0.2) is 43.2 Å². The number of halogens is 3. The summed E-state index contributed by atoms with van der Waals surface area (Å²) in [5.74, 6) is 0. The smallest absolute Gasteiger partial charge is 0.443 e. The Kier molecular flexibility index (Phi) is 4.79. The number of rotatable bonds is 2. The number of amides is 1. The molecule has 0 aromatic rings. The summed E-state index contributed by atoms with van der Waals surface area (Å²) >= 11 is 0. The SMILES string of the molecule is CC(C)(C)OC(=O)N1CC(OS(=O)(=O)C(F)(F)F)C=C1C#N. The van der Waals surface area contributed by atoms with Gasteiger partial charge < -0.3 is 4.74 Å². The first kappa shape index (κ1) is 18.2. The van der Waals surface area contributed by atoms with Crippen molar-refractivity contribution in [2.75, 3.05) is 6.54 Å². The first-order valence-corrected chi connectivity index (χ1v) is 7.29. The summed E-state index contributed by atoms with van der Waals surface area (Å²) in [7, 11) is -5.83. The molecule has 0 spiro atoms. The van der Waals surface area contributed by atoms with Gasteiger partial charge in [0, 0.05) is 0 Å². The maximum Gasteiger partial charge on any atom is 0.523 e. The Balaban J connectivity index is 2.89. The van der Waals surface area contributed by atoms with Crippen LogP contribution in [-0.2, 0) is 19.0 Å². The largest absolute Gasteiger partial charge is 0.523 e. The van der Waals surface area contributed by atoms with Crippen molar-refractivity contribution in [3.63, 3.8) is 0 Å². The van der Waals surface area contributed by atoms with E-state index < -0.39 is 40.0 Å². The third-order valence-electron chi connectivity index (χ3n) is 2.26. The molecule has 124 valence electrons. The molecule has 0 saturated carbocycles. The van der Waals surface area contributed by atoms with E-state index in [0.29, 0.717) is 4.90 Å². The molecule has 22 heavy (non-hydrogen) atoms. The third-order valence-corrected chi connectivity index (χ3v) is 3.33. The molecule has 1 rings (SSSR count). The third kappa shape index (κ3) is 4.35. The fourth-order valence-electron chi connectivity index (χ4n) is 1.46. The minimum atomic E-state index is -5.83. The molecule has 11 heteroatoms. The quantitative estimate of drug-likeness (QED) is 0.561. The second kappa shape index (κ2) is 5.77. The minimum Gasteiger partial charge on any atom is -0.443 e. The van der Waals surface area contributed by atoms with Crippen LogP contribution in [0.15, 0.2) is 11.8 Å². The molecule has 1 unspecified atom stereocenters. The van der Waals surface area contributed by atoms with E-state index in [1.165, 1.54) is 0 Å². The second-order valence-electron chi connectivity index (χ2n) is 5.29. The first-order valence-electron chi connectivity index (χ1n) is 5.89. The fraction of sp³-hybridized carbons (Fsp3) is 0.636. The fourth-order valence-corrected chi connectivity index (χ4v) is 2.01. The Morgan fingerprint density at radius 1 is 1.41 bits per heavy atom. The van der Waals surface area contributed by atoms with Crippen LogP contribution in [0.5, 0.6) is 0 Å². The molecule has 1 amide bonds. The number of hydrogen-bond donors (Lipinski definition) is 0. The van der Waals surface area contributed by atoms with Gasteiger partial charge in [0.25, 0.3) is 0 Å². The molecule has 0 aliphatic carbocycles. The highest BCUT2D eigenvalue weighted by Crippen LogP contribution is 2.29. The van der Waals surface area contributed by atoms with E-state index in [0.717, 1.165) is 6.08 Å². The predicted octanol–water partition coefficient (Wildman–Crippen LogP) is 1.88. The maximum atomic E-state index is 12.2. The van der Waals surface area contributed by atoms with Gasteiger partial charge >= 0.3 is 21.7 Å². The second-order valence-corrected chi connectivity index (χ2v) is 6.85. The standard InChI is InChI=1S/C11H13F3N2O5S/c1-10(2,3)20-9(17)16-6-8(4-7(16)5-15)21-22(18,19)11(12,13)14/h4,8H,6H2,1-3H3. The summed E-state index contributed by atoms with van der Waals surface area (Å²) in [6.07, 6.45) is -1.79. The van der Waals surface area contributed by atoms with Gasteiger partial charge in [-0.3, -0.25) is 9.08 Å². The zero-order valence-corrected chi connectivity index (χ0v) is 12.7. The number of carbonyl (C=O) groups is 1. The van der Waals surface area contributed by atoms with Crippen molar-refractivity contribution in [2.45, 2.75) is 38.0 Å². The summed E-state index contributed by atoms with van der Waals surface area (Å²) in [6.45, 7) is 4.09. The van der Waals surface area contributed by atoms with Crippen LogP contribution in [0.3, 0.4) is 0 Å². The Labute approximate surface area is 125 Å². The number of carbonyl (C=O) groups excluding carboxylic acids is 1. The highest BCUT2D eigenvalue weighted by molar-refractivity contribution is 7.87. The molecule has 0 aromatic carbocycles. The molecule has 1 heterocycles. The van der Waals surface area contributed by atoms with Gasteiger partial charge in [0.15, 0.2) is 0 Å². The van der Waals surface area contributed by atoms with Gasteiger partial charge in [0.2, 0.25) is 0 Å². The van der Waals surface area contributed by atoms with Crippen molar-refractivity contribution in [1.82, 2.24) is 4.90 Å². The molecule has 7 nitrogen and oxygen atoms in total. The van der Waals surface area contributed by atoms with E-state index in [-0.39, 0.29) is 5.70 Å². The maximum absolute atomic E-state index is 12.2. The minimum absolute atomic E-state index is 0.350. The van der Waals surface area contributed by atoms with Crippen molar-refractivity contribution in [1.29, 1.82) is 5.26 Å². The predicted molar refractivity (Wildman–Crippen MR) is 66.5 cm³/mol. The lowest BCUT2D eigenvalue weighted by Crippen LogP contribution is -2.38. The molecule has 1 aliphatic heterocycles. The molecule has 0 N–H and O–H groups in total. The van der Waals surface area contributed by atoms with Gasteiger partial charge in [-0.2, -0.15) is 26.9 Å². The summed E-state index contributed by atoms with van der Waals surface area (Å²) in [6, 6.07) is 1.57. The summed E-state index contributed by atoms with van der Waals surface area (Å²) in [5.41, 5.74) is -6.83. The van der Waals surface area contributed by atoms with Gasteiger partial charge in [-0.15, -0.1) is 0 Å². The summed E-state index contributed by atoms with van der Waals surface area (Å²) < 4.78 is 67.5. The summed E-state index contributed by atoms with van der Waals surface area (Å²) in [4.78, 5) is 12.5. The normalized spacial score (nSPS) is 19.6. The van der Waals surface area contributed by atoms with E-state index >= 15 is 0 Å². The van der Waals surface area contributed by atoms with E-state index in [2.05, 4.69) is 4.18 Å². The number of ether oxygens (including phenoxy) is 1. The van der Waals surface area contributed by atoms with Crippen LogP contribution in [0, 0.1) is 11.3 Å². The molecule has 1 aliphatic rings. The highest BCUT2D eigenvalue weighted by atomic mass is 32.2. The lowest BCUT2D eigenvalue weighted by Gasteiger charge is -2.24. The van der Waals surface area contributed by atoms with Crippen LogP contribution in [0.25, 0.3) is 0 Å². The van der Waals surface area contributed by atoms with Gasteiger partial charge in [0.05, 0.1) is 6.54 Å². The van der Waals surface area contributed by atoms with Crippen molar-refractivity contribution in [3.8, 4) is 6.07 Å². The number of hydrogen-bond acceptors (Lipinski definition) is 6. The Hall–Kier alpha value is -1.80. The molecule has 0 fully saturated rings. The van der Waals surface area contributed by atoms with E-state index in [1.54, 1.807) is 26.8 Å². The molecule has 0 radical (unpaired) electrons. The molecule has 0 bridgehead atoms. The van der Waals surface area contributed by atoms with E-state index in [9.17, 15) is 26.4 Å². The van der Waals surface area contributed by atoms with Crippen molar-refractivity contribution < 1.29 is 35.3 Å². The van der Waals surface area contributed by atoms with Crippen LogP contribution < -0.4 is 0 Å². The monoisotopic (exact) mass is 342 g/mol.